The summed E-state index contributed by atoms with van der Waals surface area (Å²) in [6.45, 7) is 11.2. The maximum absolute atomic E-state index is 14.4. The Kier molecular flexibility index (Phi) is 7.37. The van der Waals surface area contributed by atoms with Gasteiger partial charge in [0.15, 0.2) is 11.8 Å². The van der Waals surface area contributed by atoms with Gasteiger partial charge < -0.3 is 18.9 Å². The van der Waals surface area contributed by atoms with Gasteiger partial charge >= 0.3 is 5.97 Å². The fraction of sp³-hybridized carbons (Fsp3) is 0.286. The predicted molar refractivity (Wildman–Crippen MR) is 165 cm³/mol. The van der Waals surface area contributed by atoms with Crippen molar-refractivity contribution in [3.63, 3.8) is 0 Å². The van der Waals surface area contributed by atoms with E-state index in [0.717, 1.165) is 22.3 Å². The number of rotatable bonds is 3. The number of aromatic nitrogens is 3. The molecule has 0 saturated heterocycles. The van der Waals surface area contributed by atoms with Crippen LogP contribution in [0.1, 0.15) is 50.6 Å². The maximum Gasteiger partial charge on any atom is 0.339 e. The summed E-state index contributed by atoms with van der Waals surface area (Å²) >= 11 is 0. The number of benzene rings is 3. The number of ether oxygens (including phenoxy) is 4. The highest BCUT2D eigenvalue weighted by atomic mass is 19.1. The van der Waals surface area contributed by atoms with E-state index in [0.29, 0.717) is 45.4 Å². The minimum absolute atomic E-state index is 0.356. The number of carbonyl (C=O) groups excluding carboxylic acids is 1. The van der Waals surface area contributed by atoms with Gasteiger partial charge in [-0.25, -0.2) is 18.7 Å². The first-order valence-corrected chi connectivity index (χ1v) is 14.4. The molecule has 3 heterocycles. The van der Waals surface area contributed by atoms with Crippen LogP contribution in [0.3, 0.4) is 0 Å². The Morgan fingerprint density at radius 3 is 2.45 bits per heavy atom. The van der Waals surface area contributed by atoms with Crippen molar-refractivity contribution in [2.75, 3.05) is 7.11 Å². The molecule has 6 rings (SSSR count). The van der Waals surface area contributed by atoms with Gasteiger partial charge in [-0.1, -0.05) is 30.3 Å². The van der Waals surface area contributed by atoms with Crippen molar-refractivity contribution < 1.29 is 28.1 Å². The van der Waals surface area contributed by atoms with Gasteiger partial charge in [-0.15, -0.1) is 0 Å². The van der Waals surface area contributed by atoms with E-state index in [9.17, 15) is 9.18 Å². The first kappa shape index (κ1) is 29.3. The number of halogens is 1. The number of carbonyl (C=O) groups is 1. The van der Waals surface area contributed by atoms with Crippen molar-refractivity contribution in [1.82, 2.24) is 14.6 Å². The van der Waals surface area contributed by atoms with E-state index in [4.69, 9.17) is 29.0 Å². The third-order valence-corrected chi connectivity index (χ3v) is 7.44. The fourth-order valence-electron chi connectivity index (χ4n) is 5.49. The van der Waals surface area contributed by atoms with Gasteiger partial charge in [0.2, 0.25) is 6.29 Å². The summed E-state index contributed by atoms with van der Waals surface area (Å²) in [6, 6.07) is 19.9. The topological polar surface area (TPSA) is 84.2 Å². The summed E-state index contributed by atoms with van der Waals surface area (Å²) in [6.07, 6.45) is -1.85. The number of aryl methyl sites for hydroxylation is 2. The van der Waals surface area contributed by atoms with E-state index in [2.05, 4.69) is 0 Å². The zero-order valence-corrected chi connectivity index (χ0v) is 25.8. The largest absolute Gasteiger partial charge is 0.467 e. The molecule has 0 N–H and O–H groups in total. The van der Waals surface area contributed by atoms with Crippen LogP contribution < -0.4 is 9.47 Å². The number of hydrogen-bond donors (Lipinski definition) is 0. The Balaban J connectivity index is 1.68. The lowest BCUT2D eigenvalue weighted by Crippen LogP contribution is -2.30. The third-order valence-electron chi connectivity index (χ3n) is 7.44. The van der Waals surface area contributed by atoms with Crippen molar-refractivity contribution in [2.24, 2.45) is 0 Å². The van der Waals surface area contributed by atoms with Crippen molar-refractivity contribution in [1.29, 1.82) is 0 Å². The van der Waals surface area contributed by atoms with Gasteiger partial charge in [0, 0.05) is 47.0 Å². The highest BCUT2D eigenvalue weighted by Gasteiger charge is 2.34. The summed E-state index contributed by atoms with van der Waals surface area (Å²) < 4.78 is 40.2. The lowest BCUT2D eigenvalue weighted by Gasteiger charge is -2.28. The van der Waals surface area contributed by atoms with Crippen LogP contribution in [0.2, 0.25) is 0 Å². The lowest BCUT2D eigenvalue weighted by molar-refractivity contribution is -0.164. The van der Waals surface area contributed by atoms with Crippen LogP contribution >= 0.6 is 0 Å². The summed E-state index contributed by atoms with van der Waals surface area (Å²) in [5.74, 6) is -0.0569. The molecule has 44 heavy (non-hydrogen) atoms. The normalized spacial score (nSPS) is 15.0. The summed E-state index contributed by atoms with van der Waals surface area (Å²) in [5, 5.41) is 5.02. The van der Waals surface area contributed by atoms with Crippen molar-refractivity contribution in [3.8, 4) is 45.1 Å². The molecule has 0 fully saturated rings. The minimum Gasteiger partial charge on any atom is -0.467 e. The molecule has 0 spiro atoms. The summed E-state index contributed by atoms with van der Waals surface area (Å²) in [4.78, 5) is 18.2. The SMILES string of the molecule is COC(=O)C(OC(C)(C)C)c1c(C)nc2cc3nn2c1-c1ccc(C)c(c1)OC(C)Oc1cc(F)ccc1-c1cccc-3c1. The summed E-state index contributed by atoms with van der Waals surface area (Å²) in [7, 11) is 1.34. The van der Waals surface area contributed by atoms with Crippen molar-refractivity contribution in [3.05, 3.63) is 89.4 Å². The Morgan fingerprint density at radius 1 is 0.955 bits per heavy atom. The van der Waals surface area contributed by atoms with E-state index in [1.54, 1.807) is 17.5 Å². The quantitative estimate of drug-likeness (QED) is 0.198. The highest BCUT2D eigenvalue weighted by Crippen LogP contribution is 2.40. The number of hydrogen-bond acceptors (Lipinski definition) is 7. The van der Waals surface area contributed by atoms with Gasteiger partial charge in [-0.3, -0.25) is 0 Å². The second-order valence-corrected chi connectivity index (χ2v) is 11.9. The third kappa shape index (κ3) is 5.51. The molecule has 5 aromatic rings. The fourth-order valence-corrected chi connectivity index (χ4v) is 5.49. The molecule has 1 aliphatic heterocycles. The van der Waals surface area contributed by atoms with Gasteiger partial charge in [-0.2, -0.15) is 5.10 Å². The Hall–Kier alpha value is -4.76. The number of esters is 1. The molecular weight excluding hydrogens is 561 g/mol. The molecule has 0 amide bonds. The van der Waals surface area contributed by atoms with E-state index >= 15 is 0 Å². The monoisotopic (exact) mass is 595 g/mol. The standard InChI is InChI=1S/C35H34FN3O5/c1-19-11-12-24-16-28(19)42-21(3)43-29-17-25(36)13-14-26(29)22-9-8-10-23(15-22)27-18-30-37-20(2)31(32(24)39(30)38-27)33(34(40)41-7)44-35(4,5)6/h8-18,21,33H,1-7H3. The molecule has 9 heteroatoms. The molecule has 0 saturated carbocycles. The molecule has 2 atom stereocenters. The second-order valence-electron chi connectivity index (χ2n) is 11.9. The Labute approximate surface area is 255 Å². The average Bonchev–Trinajstić information content (AvgIpc) is 3.39. The molecule has 226 valence electrons. The molecule has 0 radical (unpaired) electrons. The van der Waals surface area contributed by atoms with Crippen LogP contribution in [0.25, 0.3) is 39.3 Å². The van der Waals surface area contributed by atoms with E-state index < -0.39 is 29.8 Å². The summed E-state index contributed by atoms with van der Waals surface area (Å²) in [5.41, 5.74) is 6.28. The van der Waals surface area contributed by atoms with Crippen LogP contribution in [0.5, 0.6) is 11.5 Å². The molecule has 2 unspecified atom stereocenters. The smallest absolute Gasteiger partial charge is 0.339 e. The van der Waals surface area contributed by atoms with Crippen molar-refractivity contribution in [2.45, 2.75) is 59.5 Å². The number of fused-ring (bicyclic) bond motifs is 9. The second kappa shape index (κ2) is 11.1. The van der Waals surface area contributed by atoms with Crippen LogP contribution in [0, 0.1) is 19.7 Å². The Morgan fingerprint density at radius 2 is 1.70 bits per heavy atom. The van der Waals surface area contributed by atoms with Crippen LogP contribution in [-0.4, -0.2) is 39.6 Å². The van der Waals surface area contributed by atoms with E-state index in [-0.39, 0.29) is 0 Å². The molecule has 8 nitrogen and oxygen atoms in total. The maximum atomic E-state index is 14.4. The highest BCUT2D eigenvalue weighted by molar-refractivity contribution is 5.83. The van der Waals surface area contributed by atoms with Crippen LogP contribution in [0.15, 0.2) is 66.7 Å². The van der Waals surface area contributed by atoms with E-state index in [1.165, 1.54) is 19.2 Å². The van der Waals surface area contributed by atoms with Gasteiger partial charge in [-0.05, 0) is 70.0 Å². The number of methoxy groups -OCH3 is 1. The molecule has 6 bridgehead atoms. The van der Waals surface area contributed by atoms with Gasteiger partial charge in [0.25, 0.3) is 0 Å². The Bertz CT molecular complexity index is 1910. The van der Waals surface area contributed by atoms with Crippen molar-refractivity contribution >= 4 is 11.6 Å². The molecule has 3 aromatic carbocycles. The van der Waals surface area contributed by atoms with E-state index in [1.807, 2.05) is 83.1 Å². The first-order chi connectivity index (χ1) is 20.9. The molecular formula is C35H34FN3O5. The molecule has 1 aliphatic rings. The zero-order chi connectivity index (χ0) is 31.3. The van der Waals surface area contributed by atoms with Gasteiger partial charge in [0.1, 0.15) is 17.3 Å². The molecule has 2 aromatic heterocycles. The average molecular weight is 596 g/mol. The van der Waals surface area contributed by atoms with Gasteiger partial charge in [0.05, 0.1) is 24.1 Å². The van der Waals surface area contributed by atoms with Crippen LogP contribution in [-0.2, 0) is 14.3 Å². The zero-order valence-electron chi connectivity index (χ0n) is 25.8. The number of nitrogens with zero attached hydrogens (tertiary/aromatic N) is 3. The minimum atomic E-state index is -1.08. The van der Waals surface area contributed by atoms with Crippen LogP contribution in [0.4, 0.5) is 4.39 Å². The first-order valence-electron chi connectivity index (χ1n) is 14.4. The molecule has 0 aliphatic carbocycles. The lowest BCUT2D eigenvalue weighted by atomic mass is 9.98. The predicted octanol–water partition coefficient (Wildman–Crippen LogP) is 7.63.